The van der Waals surface area contributed by atoms with Crippen LogP contribution in [-0.2, 0) is 9.84 Å². The number of rotatable bonds is 2. The molecular weight excluding hydrogens is 259 g/mol. The van der Waals surface area contributed by atoms with Gasteiger partial charge in [-0.1, -0.05) is 11.6 Å². The summed E-state index contributed by atoms with van der Waals surface area (Å²) in [4.78, 5) is 0.107. The van der Waals surface area contributed by atoms with Gasteiger partial charge in [-0.2, -0.15) is 0 Å². The largest absolute Gasteiger partial charge is 0.385 e. The first-order valence-electron chi connectivity index (χ1n) is 3.65. The van der Waals surface area contributed by atoms with Gasteiger partial charge in [-0.25, -0.2) is 8.42 Å². The van der Waals surface area contributed by atoms with E-state index in [9.17, 15) is 8.42 Å². The number of nitrogens with two attached hydrogens (primary N) is 2. The number of halogens is 2. The van der Waals surface area contributed by atoms with Crippen LogP contribution in [0.25, 0.3) is 0 Å². The average Bonchev–Trinajstić information content (AvgIpc) is 2.02. The molecule has 15 heavy (non-hydrogen) atoms. The molecule has 1 rings (SSSR count). The lowest BCUT2D eigenvalue weighted by Gasteiger charge is -1.99. The van der Waals surface area contributed by atoms with Gasteiger partial charge in [0, 0.05) is 5.02 Å². The number of benzene rings is 1. The molecule has 0 saturated heterocycles. The van der Waals surface area contributed by atoms with E-state index in [0.717, 1.165) is 5.41 Å². The van der Waals surface area contributed by atoms with Crippen molar-refractivity contribution in [3.63, 3.8) is 0 Å². The highest BCUT2D eigenvalue weighted by Crippen LogP contribution is 2.15. The Kier molecular flexibility index (Phi) is 4.93. The van der Waals surface area contributed by atoms with Crippen molar-refractivity contribution in [2.75, 3.05) is 0 Å². The van der Waals surface area contributed by atoms with Crippen LogP contribution in [0.5, 0.6) is 0 Å². The fraction of sp³-hybridized carbons (Fsp3) is 0. The van der Waals surface area contributed by atoms with Crippen LogP contribution >= 0.6 is 24.0 Å². The lowest BCUT2D eigenvalue weighted by atomic mass is 10.4. The zero-order valence-electron chi connectivity index (χ0n) is 7.55. The fourth-order valence-electron chi connectivity index (χ4n) is 0.871. The Morgan fingerprint density at radius 3 is 2.07 bits per heavy atom. The standard InChI is InChI=1S/C8H9ClN2O2S.ClH/c9-6-1-3-7(4-2-6)14(12,13)5-8(10)11;/h1-5H,10-11H2;1H. The van der Waals surface area contributed by atoms with Crippen LogP contribution in [-0.4, -0.2) is 8.42 Å². The molecule has 0 atom stereocenters. The van der Waals surface area contributed by atoms with Crippen molar-refractivity contribution in [1.82, 2.24) is 0 Å². The maximum Gasteiger partial charge on any atom is 0.203 e. The molecular formula is C8H10Cl2N2O2S. The van der Waals surface area contributed by atoms with E-state index in [4.69, 9.17) is 23.1 Å². The molecule has 1 aromatic carbocycles. The summed E-state index contributed by atoms with van der Waals surface area (Å²) in [5.74, 6) is -0.250. The summed E-state index contributed by atoms with van der Waals surface area (Å²) in [6.45, 7) is 0. The Morgan fingerprint density at radius 1 is 1.20 bits per heavy atom. The van der Waals surface area contributed by atoms with Crippen LogP contribution < -0.4 is 11.5 Å². The Bertz CT molecular complexity index is 450. The monoisotopic (exact) mass is 268 g/mol. The SMILES string of the molecule is Cl.NC(N)=CS(=O)(=O)c1ccc(Cl)cc1. The van der Waals surface area contributed by atoms with Gasteiger partial charge in [-0.3, -0.25) is 0 Å². The first-order chi connectivity index (χ1) is 6.42. The molecule has 0 amide bonds. The molecule has 1 aromatic rings. The van der Waals surface area contributed by atoms with Crippen molar-refractivity contribution in [2.24, 2.45) is 11.5 Å². The van der Waals surface area contributed by atoms with Gasteiger partial charge in [-0.15, -0.1) is 12.4 Å². The normalized spacial score (nSPS) is 10.2. The first-order valence-corrected chi connectivity index (χ1v) is 5.57. The van der Waals surface area contributed by atoms with Crippen LogP contribution in [0, 0.1) is 0 Å². The third kappa shape index (κ3) is 3.99. The highest BCUT2D eigenvalue weighted by Gasteiger charge is 2.10. The van der Waals surface area contributed by atoms with E-state index in [2.05, 4.69) is 0 Å². The van der Waals surface area contributed by atoms with E-state index < -0.39 is 9.84 Å². The molecule has 0 aliphatic carbocycles. The summed E-state index contributed by atoms with van der Waals surface area (Å²) < 4.78 is 22.9. The van der Waals surface area contributed by atoms with Crippen molar-refractivity contribution in [2.45, 2.75) is 4.90 Å². The second kappa shape index (κ2) is 5.25. The van der Waals surface area contributed by atoms with Crippen molar-refractivity contribution in [3.8, 4) is 0 Å². The molecule has 0 spiro atoms. The number of sulfone groups is 1. The van der Waals surface area contributed by atoms with Gasteiger partial charge in [0.05, 0.1) is 10.3 Å². The second-order valence-electron chi connectivity index (χ2n) is 2.62. The molecule has 0 heterocycles. The van der Waals surface area contributed by atoms with Gasteiger partial charge >= 0.3 is 0 Å². The fourth-order valence-corrected chi connectivity index (χ4v) is 2.01. The number of hydrogen-bond donors (Lipinski definition) is 2. The molecule has 0 radical (unpaired) electrons. The Labute approximate surface area is 99.2 Å². The minimum atomic E-state index is -3.55. The van der Waals surface area contributed by atoms with Crippen molar-refractivity contribution in [3.05, 3.63) is 40.5 Å². The van der Waals surface area contributed by atoms with Crippen molar-refractivity contribution >= 4 is 33.8 Å². The quantitative estimate of drug-likeness (QED) is 0.846. The topological polar surface area (TPSA) is 86.2 Å². The molecule has 0 aliphatic rings. The van der Waals surface area contributed by atoms with E-state index in [1.165, 1.54) is 24.3 Å². The first kappa shape index (κ1) is 14.1. The Balaban J connectivity index is 0.00000196. The van der Waals surface area contributed by atoms with Gasteiger partial charge in [0.15, 0.2) is 0 Å². The maximum absolute atomic E-state index is 11.5. The highest BCUT2D eigenvalue weighted by atomic mass is 35.5. The van der Waals surface area contributed by atoms with E-state index in [-0.39, 0.29) is 23.1 Å². The summed E-state index contributed by atoms with van der Waals surface area (Å²) >= 11 is 5.61. The summed E-state index contributed by atoms with van der Waals surface area (Å²) in [5, 5.41) is 1.27. The van der Waals surface area contributed by atoms with Crippen LogP contribution in [0.4, 0.5) is 0 Å². The smallest absolute Gasteiger partial charge is 0.203 e. The molecule has 0 bridgehead atoms. The minimum absolute atomic E-state index is 0. The molecule has 4 N–H and O–H groups in total. The van der Waals surface area contributed by atoms with Crippen molar-refractivity contribution in [1.29, 1.82) is 0 Å². The van der Waals surface area contributed by atoms with E-state index >= 15 is 0 Å². The predicted octanol–water partition coefficient (Wildman–Crippen LogP) is 1.25. The van der Waals surface area contributed by atoms with Gasteiger partial charge in [-0.05, 0) is 24.3 Å². The van der Waals surface area contributed by atoms with Crippen molar-refractivity contribution < 1.29 is 8.42 Å². The summed E-state index contributed by atoms with van der Waals surface area (Å²) in [7, 11) is -3.55. The second-order valence-corrected chi connectivity index (χ2v) is 4.85. The van der Waals surface area contributed by atoms with Gasteiger partial charge in [0.2, 0.25) is 9.84 Å². The molecule has 84 valence electrons. The van der Waals surface area contributed by atoms with Crippen LogP contribution in [0.3, 0.4) is 0 Å². The van der Waals surface area contributed by atoms with Gasteiger partial charge < -0.3 is 11.5 Å². The van der Waals surface area contributed by atoms with Crippen LogP contribution in [0.15, 0.2) is 40.4 Å². The zero-order chi connectivity index (χ0) is 10.8. The molecule has 4 nitrogen and oxygen atoms in total. The summed E-state index contributed by atoms with van der Waals surface area (Å²) in [6, 6.07) is 5.73. The molecule has 0 aromatic heterocycles. The third-order valence-corrected chi connectivity index (χ3v) is 3.20. The summed E-state index contributed by atoms with van der Waals surface area (Å²) in [5.41, 5.74) is 10.2. The molecule has 0 aliphatic heterocycles. The Morgan fingerprint density at radius 2 is 1.67 bits per heavy atom. The highest BCUT2D eigenvalue weighted by molar-refractivity contribution is 7.94. The molecule has 0 fully saturated rings. The average molecular weight is 269 g/mol. The van der Waals surface area contributed by atoms with E-state index in [1.54, 1.807) is 0 Å². The van der Waals surface area contributed by atoms with Gasteiger partial charge in [0.1, 0.15) is 5.82 Å². The lowest BCUT2D eigenvalue weighted by Crippen LogP contribution is -2.11. The van der Waals surface area contributed by atoms with E-state index in [1.807, 2.05) is 0 Å². The minimum Gasteiger partial charge on any atom is -0.385 e. The zero-order valence-corrected chi connectivity index (χ0v) is 9.94. The molecule has 7 heteroatoms. The third-order valence-electron chi connectivity index (χ3n) is 1.43. The van der Waals surface area contributed by atoms with Crippen LogP contribution in [0.1, 0.15) is 0 Å². The summed E-state index contributed by atoms with van der Waals surface area (Å²) in [6.07, 6.45) is 0. The van der Waals surface area contributed by atoms with Gasteiger partial charge in [0.25, 0.3) is 0 Å². The van der Waals surface area contributed by atoms with Crippen LogP contribution in [0.2, 0.25) is 5.02 Å². The number of hydrogen-bond acceptors (Lipinski definition) is 4. The Hall–Kier alpha value is -0.910. The van der Waals surface area contributed by atoms with E-state index in [0.29, 0.717) is 5.02 Å². The lowest BCUT2D eigenvalue weighted by molar-refractivity contribution is 0.604. The maximum atomic E-state index is 11.5. The molecule has 0 unspecified atom stereocenters. The molecule has 0 saturated carbocycles. The predicted molar refractivity (Wildman–Crippen MR) is 62.3 cm³/mol.